The van der Waals surface area contributed by atoms with Crippen molar-refractivity contribution in [3.05, 3.63) is 97.5 Å². The van der Waals surface area contributed by atoms with Gasteiger partial charge in [-0.3, -0.25) is 34.0 Å². The highest BCUT2D eigenvalue weighted by Gasteiger charge is 2.49. The maximum absolute atomic E-state index is 13.5. The fraction of sp³-hybridized carbons (Fsp3) is 0.549. The Morgan fingerprint density at radius 3 is 2.46 bits per heavy atom. The number of rotatable bonds is 5. The summed E-state index contributed by atoms with van der Waals surface area (Å²) in [6.45, 7) is 6.55. The molecule has 1 N–H and O–H groups in total. The van der Waals surface area contributed by atoms with Crippen molar-refractivity contribution in [3.63, 3.8) is 0 Å². The molecule has 63 heavy (non-hydrogen) atoms. The third-order valence-electron chi connectivity index (χ3n) is 17.1. The number of nitrogens with one attached hydrogen (secondary N) is 1. The Morgan fingerprint density at radius 1 is 0.841 bits per heavy atom. The summed E-state index contributed by atoms with van der Waals surface area (Å²) in [5.41, 5.74) is 7.13. The van der Waals surface area contributed by atoms with Gasteiger partial charge in [-0.05, 0) is 137 Å². The van der Waals surface area contributed by atoms with Gasteiger partial charge in [0.15, 0.2) is 0 Å². The van der Waals surface area contributed by atoms with Gasteiger partial charge in [0.2, 0.25) is 11.8 Å². The summed E-state index contributed by atoms with van der Waals surface area (Å²) in [6.07, 6.45) is 15.8. The van der Waals surface area contributed by atoms with Crippen LogP contribution in [0.15, 0.2) is 53.3 Å². The van der Waals surface area contributed by atoms with Gasteiger partial charge in [0, 0.05) is 47.7 Å². The molecule has 2 atom stereocenters. The predicted octanol–water partition coefficient (Wildman–Crippen LogP) is 7.53. The largest absolute Gasteiger partial charge is 0.492 e. The molecule has 6 aliphatic heterocycles. The predicted molar refractivity (Wildman–Crippen MR) is 241 cm³/mol. The highest BCUT2D eigenvalue weighted by molar-refractivity contribution is 6.35. The number of carbonyl (C=O) groups is 3. The second kappa shape index (κ2) is 15.3. The first-order chi connectivity index (χ1) is 30.7. The van der Waals surface area contributed by atoms with Gasteiger partial charge in [0.25, 0.3) is 11.5 Å². The Morgan fingerprint density at radius 2 is 1.65 bits per heavy atom. The zero-order valence-electron chi connectivity index (χ0n) is 36.1. The fourth-order valence-electron chi connectivity index (χ4n) is 13.7. The number of carbonyl (C=O) groups excluding carboxylic acids is 3. The Kier molecular flexibility index (Phi) is 9.69. The van der Waals surface area contributed by atoms with E-state index in [0.717, 1.165) is 93.3 Å². The van der Waals surface area contributed by atoms with Gasteiger partial charge >= 0.3 is 0 Å². The van der Waals surface area contributed by atoms with Crippen molar-refractivity contribution in [3.8, 4) is 11.4 Å². The molecule has 12 heteroatoms. The molecule has 2 spiro atoms. The van der Waals surface area contributed by atoms with Gasteiger partial charge < -0.3 is 14.5 Å². The number of likely N-dealkylation sites (tertiary alicyclic amines) is 2. The lowest BCUT2D eigenvalue weighted by molar-refractivity contribution is -0.136. The lowest BCUT2D eigenvalue weighted by Crippen LogP contribution is -2.52. The molecule has 4 aromatic rings. The van der Waals surface area contributed by atoms with Crippen LogP contribution in [0.3, 0.4) is 0 Å². The Labute approximate surface area is 373 Å². The van der Waals surface area contributed by atoms with Crippen LogP contribution in [0, 0.1) is 5.92 Å². The van der Waals surface area contributed by atoms with E-state index < -0.39 is 6.04 Å². The summed E-state index contributed by atoms with van der Waals surface area (Å²) in [7, 11) is 0. The minimum absolute atomic E-state index is 0.0363. The smallest absolute Gasteiger partial charge is 0.282 e. The first-order valence-corrected chi connectivity index (χ1v) is 24.3. The van der Waals surface area contributed by atoms with E-state index in [0.29, 0.717) is 47.5 Å². The minimum atomic E-state index is -0.622. The number of halogens is 1. The van der Waals surface area contributed by atoms with Gasteiger partial charge in [0.05, 0.1) is 40.2 Å². The first-order valence-electron chi connectivity index (χ1n) is 24.0. The summed E-state index contributed by atoms with van der Waals surface area (Å²) in [5.74, 6) is 2.17. The maximum Gasteiger partial charge on any atom is 0.282 e. The number of hydrogen-bond acceptors (Lipinski definition) is 8. The summed E-state index contributed by atoms with van der Waals surface area (Å²) in [6, 6.07) is 17.1. The van der Waals surface area contributed by atoms with Crippen LogP contribution in [0.5, 0.6) is 5.75 Å². The van der Waals surface area contributed by atoms with Crippen molar-refractivity contribution in [1.29, 1.82) is 0 Å². The van der Waals surface area contributed by atoms with Crippen molar-refractivity contribution in [2.24, 2.45) is 5.92 Å². The Bertz CT molecular complexity index is 2620. The lowest BCUT2D eigenvalue weighted by atomic mass is 9.69. The number of fused-ring (bicyclic) bond motifs is 11. The number of aromatic nitrogens is 2. The molecule has 3 amide bonds. The molecule has 1 unspecified atom stereocenters. The summed E-state index contributed by atoms with van der Waals surface area (Å²) in [4.78, 5) is 63.3. The molecule has 2 saturated carbocycles. The highest BCUT2D eigenvalue weighted by atomic mass is 35.5. The zero-order valence-corrected chi connectivity index (χ0v) is 36.9. The number of ether oxygens (including phenoxy) is 1. The number of nitrogens with zero attached hydrogens (tertiary/aromatic N) is 5. The third-order valence-corrected chi connectivity index (χ3v) is 17.4. The van der Waals surface area contributed by atoms with Gasteiger partial charge in [0.1, 0.15) is 17.6 Å². The molecule has 2 aliphatic carbocycles. The number of piperidine rings is 3. The van der Waals surface area contributed by atoms with Crippen LogP contribution in [-0.2, 0) is 27.0 Å². The molecule has 1 aromatic heterocycles. The summed E-state index contributed by atoms with van der Waals surface area (Å²) >= 11 is 6.66. The average molecular weight is 870 g/mol. The Balaban J connectivity index is 0.685. The number of imide groups is 1. The molecule has 0 radical (unpaired) electrons. The van der Waals surface area contributed by atoms with Crippen LogP contribution in [0.1, 0.15) is 141 Å². The normalized spacial score (nSPS) is 27.6. The van der Waals surface area contributed by atoms with E-state index >= 15 is 0 Å². The Hall–Kier alpha value is -4.58. The summed E-state index contributed by atoms with van der Waals surface area (Å²) < 4.78 is 8.76. The fourth-order valence-corrected chi connectivity index (χ4v) is 13.9. The second-order valence-corrected chi connectivity index (χ2v) is 20.8. The average Bonchev–Trinajstić information content (AvgIpc) is 3.92. The van der Waals surface area contributed by atoms with E-state index in [9.17, 15) is 19.2 Å². The van der Waals surface area contributed by atoms with Crippen LogP contribution in [0.2, 0.25) is 5.02 Å². The van der Waals surface area contributed by atoms with Gasteiger partial charge in [-0.2, -0.15) is 4.98 Å². The van der Waals surface area contributed by atoms with E-state index in [1.807, 2.05) is 18.2 Å². The van der Waals surface area contributed by atoms with E-state index in [1.165, 1.54) is 73.9 Å². The van der Waals surface area contributed by atoms with Gasteiger partial charge in [-0.25, -0.2) is 0 Å². The quantitative estimate of drug-likeness (QED) is 0.205. The highest BCUT2D eigenvalue weighted by Crippen LogP contribution is 2.53. The molecule has 5 fully saturated rings. The molecular weight excluding hydrogens is 812 g/mol. The topological polar surface area (TPSA) is 117 Å². The van der Waals surface area contributed by atoms with Crippen LogP contribution < -0.4 is 15.6 Å². The van der Waals surface area contributed by atoms with E-state index in [2.05, 4.69) is 43.9 Å². The molecule has 0 bridgehead atoms. The van der Waals surface area contributed by atoms with Gasteiger partial charge in [-0.1, -0.05) is 55.1 Å². The van der Waals surface area contributed by atoms with E-state index in [4.69, 9.17) is 21.3 Å². The van der Waals surface area contributed by atoms with Crippen LogP contribution in [0.4, 0.5) is 0 Å². The lowest BCUT2D eigenvalue weighted by Gasteiger charge is -2.43. The van der Waals surface area contributed by atoms with Crippen LogP contribution in [0.25, 0.3) is 16.6 Å². The summed E-state index contributed by atoms with van der Waals surface area (Å²) in [5, 5.41) is 3.41. The zero-order chi connectivity index (χ0) is 42.6. The number of hydrogen-bond donors (Lipinski definition) is 1. The SMILES string of the molecule is O=C1CC[C@H](N2Cc3c(ccc4c3OCC43CCN(CC4CCC(N5CCCC(c6ccc7c(c6)-n6c(nc(=O)c8c(Cl)cccc86)C76CCCCC6)C5)CC4)CC3)C2=O)C(=O)N1. The van der Waals surface area contributed by atoms with Gasteiger partial charge in [-0.15, -0.1) is 0 Å². The number of amides is 3. The minimum Gasteiger partial charge on any atom is -0.492 e. The molecule has 7 heterocycles. The molecule has 8 aliphatic rings. The van der Waals surface area contributed by atoms with Crippen molar-refractivity contribution in [2.45, 2.75) is 132 Å². The first kappa shape index (κ1) is 40.0. The molecular formula is C51H57ClN6O5. The second-order valence-electron chi connectivity index (χ2n) is 20.4. The molecule has 11 nitrogen and oxygen atoms in total. The third kappa shape index (κ3) is 6.37. The van der Waals surface area contributed by atoms with E-state index in [1.54, 1.807) is 11.0 Å². The number of benzene rings is 3. The molecule has 328 valence electrons. The maximum atomic E-state index is 13.5. The standard InChI is InChI=1S/C51H57ClN6O5/c52-39-7-4-8-40-44(39)47(61)54-49-51(19-2-1-3-20-51)37-15-11-32(26-42(37)58(40)49)33-6-5-23-56(28-33)34-12-9-31(10-13-34)27-55-24-21-50(22-25-55)30-63-45-36-29-57(41-17-18-43(59)53-46(41)60)48(62)35(36)14-16-38(45)50/h4,7-8,11,14-16,26,31,33-34,41H,1-3,5-6,9-10,12-13,17-25,27-30H2,(H,53,59,60)/t31?,33?,34?,41-/m0/s1. The molecule has 3 aromatic carbocycles. The monoisotopic (exact) mass is 868 g/mol. The van der Waals surface area contributed by atoms with Crippen molar-refractivity contribution < 1.29 is 19.1 Å². The van der Waals surface area contributed by atoms with E-state index in [-0.39, 0.29) is 40.5 Å². The van der Waals surface area contributed by atoms with Crippen molar-refractivity contribution in [1.82, 2.24) is 29.6 Å². The van der Waals surface area contributed by atoms with Crippen LogP contribution >= 0.6 is 11.6 Å². The van der Waals surface area contributed by atoms with Crippen molar-refractivity contribution in [2.75, 3.05) is 39.3 Å². The van der Waals surface area contributed by atoms with Crippen LogP contribution in [-0.4, -0.2) is 93.4 Å². The molecule has 12 rings (SSSR count). The van der Waals surface area contributed by atoms with Crippen molar-refractivity contribution >= 4 is 40.2 Å². The molecule has 3 saturated heterocycles.